The van der Waals surface area contributed by atoms with Crippen LogP contribution in [0.2, 0.25) is 0 Å². The molecule has 0 fully saturated rings. The summed E-state index contributed by atoms with van der Waals surface area (Å²) in [5, 5.41) is 0. The van der Waals surface area contributed by atoms with Crippen molar-refractivity contribution in [3.63, 3.8) is 0 Å². The maximum atomic E-state index is 12.7. The molecule has 0 bridgehead atoms. The molecule has 0 heterocycles. The molecule has 0 saturated carbocycles. The van der Waals surface area contributed by atoms with Gasteiger partial charge >= 0.3 is 0 Å². The Morgan fingerprint density at radius 3 is 2.20 bits per heavy atom. The first-order valence-corrected chi connectivity index (χ1v) is 8.28. The summed E-state index contributed by atoms with van der Waals surface area (Å²) in [6.45, 7) is -0.294. The third-order valence-electron chi connectivity index (χ3n) is 2.95. The lowest BCUT2D eigenvalue weighted by Crippen LogP contribution is -2.44. The van der Waals surface area contributed by atoms with Crippen LogP contribution in [0.3, 0.4) is 0 Å². The van der Waals surface area contributed by atoms with E-state index in [9.17, 15) is 14.0 Å². The molecule has 0 spiro atoms. The van der Waals surface area contributed by atoms with Crippen molar-refractivity contribution in [1.82, 2.24) is 10.9 Å². The van der Waals surface area contributed by atoms with Crippen molar-refractivity contribution in [2.24, 2.45) is 0 Å². The number of rotatable bonds is 7. The van der Waals surface area contributed by atoms with Crippen LogP contribution in [0.15, 0.2) is 53.4 Å². The summed E-state index contributed by atoms with van der Waals surface area (Å²) < 4.78 is 23.0. The number of hydrazine groups is 1. The molecule has 2 rings (SSSR count). The van der Waals surface area contributed by atoms with E-state index >= 15 is 0 Å². The van der Waals surface area contributed by atoms with Crippen molar-refractivity contribution in [3.05, 3.63) is 54.3 Å². The van der Waals surface area contributed by atoms with Gasteiger partial charge in [-0.2, -0.15) is 0 Å². The van der Waals surface area contributed by atoms with Crippen LogP contribution >= 0.6 is 11.8 Å². The van der Waals surface area contributed by atoms with Gasteiger partial charge in [0.1, 0.15) is 17.3 Å². The minimum Gasteiger partial charge on any atom is -0.497 e. The number of hydrogen-bond acceptors (Lipinski definition) is 5. The second-order valence-corrected chi connectivity index (χ2v) is 5.85. The first kappa shape index (κ1) is 18.6. The molecule has 132 valence electrons. The predicted molar refractivity (Wildman–Crippen MR) is 91.9 cm³/mol. The van der Waals surface area contributed by atoms with Crippen molar-refractivity contribution in [1.29, 1.82) is 0 Å². The number of carbonyl (C=O) groups is 2. The van der Waals surface area contributed by atoms with E-state index in [0.29, 0.717) is 5.75 Å². The van der Waals surface area contributed by atoms with E-state index < -0.39 is 11.7 Å². The molecule has 2 amide bonds. The Morgan fingerprint density at radius 2 is 1.56 bits per heavy atom. The van der Waals surface area contributed by atoms with E-state index in [2.05, 4.69) is 10.9 Å². The monoisotopic (exact) mass is 364 g/mol. The molecule has 0 radical (unpaired) electrons. The van der Waals surface area contributed by atoms with Gasteiger partial charge in [0.25, 0.3) is 5.91 Å². The van der Waals surface area contributed by atoms with Crippen molar-refractivity contribution >= 4 is 23.6 Å². The zero-order valence-corrected chi connectivity index (χ0v) is 14.3. The lowest BCUT2D eigenvalue weighted by Gasteiger charge is -2.09. The molecule has 6 nitrogen and oxygen atoms in total. The van der Waals surface area contributed by atoms with Gasteiger partial charge in [-0.3, -0.25) is 20.4 Å². The van der Waals surface area contributed by atoms with Crippen molar-refractivity contribution in [3.8, 4) is 11.5 Å². The van der Waals surface area contributed by atoms with Gasteiger partial charge in [0.2, 0.25) is 5.91 Å². The van der Waals surface area contributed by atoms with Gasteiger partial charge in [-0.1, -0.05) is 0 Å². The molecule has 2 N–H and O–H groups in total. The highest BCUT2D eigenvalue weighted by Crippen LogP contribution is 2.20. The summed E-state index contributed by atoms with van der Waals surface area (Å²) >= 11 is 1.33. The number of carbonyl (C=O) groups excluding carboxylic acids is 2. The maximum Gasteiger partial charge on any atom is 0.276 e. The zero-order chi connectivity index (χ0) is 18.1. The van der Waals surface area contributed by atoms with Gasteiger partial charge in [0, 0.05) is 4.90 Å². The second kappa shape index (κ2) is 9.53. The lowest BCUT2D eigenvalue weighted by molar-refractivity contribution is -0.128. The molecular formula is C17H17FN2O4S. The SMILES string of the molecule is COc1ccc(SCC(=O)NNC(=O)COc2ccc(F)cc2)cc1. The van der Waals surface area contributed by atoms with Crippen molar-refractivity contribution < 1.29 is 23.5 Å². The molecule has 2 aromatic carbocycles. The topological polar surface area (TPSA) is 76.7 Å². The largest absolute Gasteiger partial charge is 0.497 e. The minimum atomic E-state index is -0.521. The van der Waals surface area contributed by atoms with Crippen LogP contribution in [0.1, 0.15) is 0 Å². The van der Waals surface area contributed by atoms with Gasteiger partial charge in [-0.05, 0) is 48.5 Å². The zero-order valence-electron chi connectivity index (χ0n) is 13.5. The Morgan fingerprint density at radius 1 is 0.960 bits per heavy atom. The molecule has 8 heteroatoms. The van der Waals surface area contributed by atoms with Crippen LogP contribution in [-0.4, -0.2) is 31.3 Å². The number of hydrogen-bond donors (Lipinski definition) is 2. The Balaban J connectivity index is 1.64. The van der Waals surface area contributed by atoms with Crippen LogP contribution in [0.4, 0.5) is 4.39 Å². The lowest BCUT2D eigenvalue weighted by atomic mass is 10.3. The van der Waals surface area contributed by atoms with Crippen LogP contribution in [0.5, 0.6) is 11.5 Å². The van der Waals surface area contributed by atoms with E-state index in [-0.39, 0.29) is 18.3 Å². The van der Waals surface area contributed by atoms with E-state index in [1.165, 1.54) is 36.0 Å². The van der Waals surface area contributed by atoms with Gasteiger partial charge in [-0.15, -0.1) is 11.8 Å². The maximum absolute atomic E-state index is 12.7. The highest BCUT2D eigenvalue weighted by Gasteiger charge is 2.07. The highest BCUT2D eigenvalue weighted by molar-refractivity contribution is 8.00. The quantitative estimate of drug-likeness (QED) is 0.582. The fourth-order valence-electron chi connectivity index (χ4n) is 1.71. The molecule has 0 aliphatic heterocycles. The molecule has 2 aromatic rings. The van der Waals surface area contributed by atoms with Crippen molar-refractivity contribution in [2.75, 3.05) is 19.5 Å². The molecule has 0 aliphatic carbocycles. The van der Waals surface area contributed by atoms with E-state index in [0.717, 1.165) is 10.6 Å². The standard InChI is InChI=1S/C17H17FN2O4S/c1-23-13-6-8-15(9-7-13)25-11-17(22)20-19-16(21)10-24-14-4-2-12(18)3-5-14/h2-9H,10-11H2,1H3,(H,19,21)(H,20,22). The molecule has 0 aliphatic rings. The highest BCUT2D eigenvalue weighted by atomic mass is 32.2. The Kier molecular flexibility index (Phi) is 7.09. The summed E-state index contributed by atoms with van der Waals surface area (Å²) in [6.07, 6.45) is 0. The van der Waals surface area contributed by atoms with Gasteiger partial charge in [0.05, 0.1) is 12.9 Å². The Labute approximate surface area is 148 Å². The van der Waals surface area contributed by atoms with Crippen LogP contribution in [0, 0.1) is 5.82 Å². The number of amides is 2. The number of ether oxygens (including phenoxy) is 2. The summed E-state index contributed by atoms with van der Waals surface area (Å²) in [5.41, 5.74) is 4.54. The molecule has 0 saturated heterocycles. The van der Waals surface area contributed by atoms with Crippen LogP contribution < -0.4 is 20.3 Å². The van der Waals surface area contributed by atoms with Gasteiger partial charge < -0.3 is 9.47 Å². The predicted octanol–water partition coefficient (Wildman–Crippen LogP) is 2.15. The first-order valence-electron chi connectivity index (χ1n) is 7.30. The van der Waals surface area contributed by atoms with Crippen LogP contribution in [-0.2, 0) is 9.59 Å². The van der Waals surface area contributed by atoms with E-state index in [1.54, 1.807) is 19.2 Å². The third-order valence-corrected chi connectivity index (χ3v) is 3.97. The number of methoxy groups -OCH3 is 1. The average molecular weight is 364 g/mol. The van der Waals surface area contributed by atoms with Gasteiger partial charge in [0.15, 0.2) is 6.61 Å². The third kappa shape index (κ3) is 6.72. The van der Waals surface area contributed by atoms with Crippen molar-refractivity contribution in [2.45, 2.75) is 4.90 Å². The second-order valence-electron chi connectivity index (χ2n) is 4.80. The summed E-state index contributed by atoms with van der Waals surface area (Å²) in [7, 11) is 1.58. The number of nitrogens with one attached hydrogen (secondary N) is 2. The number of thioether (sulfide) groups is 1. The van der Waals surface area contributed by atoms with Gasteiger partial charge in [-0.25, -0.2) is 4.39 Å². The molecular weight excluding hydrogens is 347 g/mol. The smallest absolute Gasteiger partial charge is 0.276 e. The fraction of sp³-hybridized carbons (Fsp3) is 0.176. The number of halogens is 1. The van der Waals surface area contributed by atoms with Crippen LogP contribution in [0.25, 0.3) is 0 Å². The summed E-state index contributed by atoms with van der Waals surface area (Å²) in [4.78, 5) is 24.2. The average Bonchev–Trinajstić information content (AvgIpc) is 2.64. The summed E-state index contributed by atoms with van der Waals surface area (Å²) in [5.74, 6) is -0.0209. The molecule has 0 unspecified atom stereocenters. The minimum absolute atomic E-state index is 0.144. The molecule has 25 heavy (non-hydrogen) atoms. The fourth-order valence-corrected chi connectivity index (χ4v) is 2.41. The normalized spacial score (nSPS) is 10.0. The Hall–Kier alpha value is -2.74. The first-order chi connectivity index (χ1) is 12.1. The van der Waals surface area contributed by atoms with E-state index in [4.69, 9.17) is 9.47 Å². The molecule has 0 aromatic heterocycles. The Bertz CT molecular complexity index is 708. The number of benzene rings is 2. The van der Waals surface area contributed by atoms with E-state index in [1.807, 2.05) is 12.1 Å². The molecule has 0 atom stereocenters. The summed E-state index contributed by atoms with van der Waals surface area (Å²) in [6, 6.07) is 12.6.